The third kappa shape index (κ3) is 3.67. The normalized spacial score (nSPS) is 15.1. The number of amides is 2. The molecule has 0 saturated carbocycles. The van der Waals surface area contributed by atoms with Crippen LogP contribution in [0.4, 0.5) is 16.2 Å². The van der Waals surface area contributed by atoms with E-state index in [1.807, 2.05) is 30.5 Å². The number of anilines is 2. The van der Waals surface area contributed by atoms with E-state index >= 15 is 0 Å². The van der Waals surface area contributed by atoms with Crippen LogP contribution < -0.4 is 10.6 Å². The average Bonchev–Trinajstić information content (AvgIpc) is 3.33. The fourth-order valence-electron chi connectivity index (χ4n) is 3.23. The maximum absolute atomic E-state index is 12.7. The Hall–Kier alpha value is -2.84. The summed E-state index contributed by atoms with van der Waals surface area (Å²) in [5, 5.41) is 6.50. The highest BCUT2D eigenvalue weighted by Crippen LogP contribution is 2.23. The number of fused-ring (bicyclic) bond motifs is 1. The predicted octanol–water partition coefficient (Wildman–Crippen LogP) is 3.60. The molecular weight excluding hydrogens is 364 g/mol. The summed E-state index contributed by atoms with van der Waals surface area (Å²) in [6, 6.07) is 13.4. The molecule has 1 aromatic heterocycles. The Morgan fingerprint density at radius 2 is 1.70 bits per heavy atom. The van der Waals surface area contributed by atoms with Gasteiger partial charge in [0.2, 0.25) is 10.0 Å². The van der Waals surface area contributed by atoms with Crippen molar-refractivity contribution in [2.75, 3.05) is 23.7 Å². The molecule has 0 unspecified atom stereocenters. The van der Waals surface area contributed by atoms with E-state index in [0.29, 0.717) is 24.5 Å². The fraction of sp³-hybridized carbons (Fsp3) is 0.211. The molecule has 27 heavy (non-hydrogen) atoms. The highest BCUT2D eigenvalue weighted by atomic mass is 32.2. The van der Waals surface area contributed by atoms with Crippen LogP contribution in [-0.4, -0.2) is 36.8 Å². The van der Waals surface area contributed by atoms with Crippen molar-refractivity contribution in [1.29, 1.82) is 0 Å². The number of benzene rings is 2. The van der Waals surface area contributed by atoms with Gasteiger partial charge in [0.1, 0.15) is 0 Å². The fourth-order valence-corrected chi connectivity index (χ4v) is 4.79. The quantitative estimate of drug-likeness (QED) is 0.641. The minimum Gasteiger partial charge on any atom is -0.361 e. The minimum atomic E-state index is -3.52. The number of urea groups is 1. The van der Waals surface area contributed by atoms with E-state index in [9.17, 15) is 13.2 Å². The van der Waals surface area contributed by atoms with Crippen molar-refractivity contribution in [2.24, 2.45) is 0 Å². The van der Waals surface area contributed by atoms with Crippen LogP contribution in [0.5, 0.6) is 0 Å². The first-order valence-electron chi connectivity index (χ1n) is 8.78. The number of carbonyl (C=O) groups is 1. The lowest BCUT2D eigenvalue weighted by Crippen LogP contribution is -2.28. The summed E-state index contributed by atoms with van der Waals surface area (Å²) >= 11 is 0. The molecule has 140 valence electrons. The van der Waals surface area contributed by atoms with Gasteiger partial charge in [-0.1, -0.05) is 12.1 Å². The lowest BCUT2D eigenvalue weighted by Gasteiger charge is -2.16. The predicted molar refractivity (Wildman–Crippen MR) is 105 cm³/mol. The first-order chi connectivity index (χ1) is 13.0. The summed E-state index contributed by atoms with van der Waals surface area (Å²) in [5.41, 5.74) is 1.99. The topological polar surface area (TPSA) is 94.3 Å². The van der Waals surface area contributed by atoms with Gasteiger partial charge >= 0.3 is 6.03 Å². The van der Waals surface area contributed by atoms with Crippen LogP contribution in [0.3, 0.4) is 0 Å². The van der Waals surface area contributed by atoms with E-state index in [1.165, 1.54) is 10.4 Å². The monoisotopic (exact) mass is 384 g/mol. The molecule has 4 rings (SSSR count). The summed E-state index contributed by atoms with van der Waals surface area (Å²) in [6.45, 7) is 1.09. The van der Waals surface area contributed by atoms with Crippen molar-refractivity contribution >= 4 is 38.3 Å². The largest absolute Gasteiger partial charge is 0.361 e. The van der Waals surface area contributed by atoms with Crippen molar-refractivity contribution in [3.8, 4) is 0 Å². The third-order valence-electron chi connectivity index (χ3n) is 4.61. The summed E-state index contributed by atoms with van der Waals surface area (Å²) < 4.78 is 26.8. The van der Waals surface area contributed by atoms with Crippen LogP contribution in [0, 0.1) is 0 Å². The van der Waals surface area contributed by atoms with E-state index in [-0.39, 0.29) is 4.90 Å². The maximum Gasteiger partial charge on any atom is 0.323 e. The van der Waals surface area contributed by atoms with Gasteiger partial charge in [0.25, 0.3) is 0 Å². The Kier molecular flexibility index (Phi) is 4.59. The summed E-state index contributed by atoms with van der Waals surface area (Å²) in [6.07, 6.45) is 3.59. The number of carbonyl (C=O) groups excluding carboxylic acids is 1. The number of nitrogens with zero attached hydrogens (tertiary/aromatic N) is 1. The van der Waals surface area contributed by atoms with Crippen molar-refractivity contribution in [3.63, 3.8) is 0 Å². The highest BCUT2D eigenvalue weighted by molar-refractivity contribution is 7.89. The van der Waals surface area contributed by atoms with Crippen LogP contribution in [0.25, 0.3) is 10.9 Å². The van der Waals surface area contributed by atoms with Gasteiger partial charge in [-0.3, -0.25) is 0 Å². The zero-order valence-corrected chi connectivity index (χ0v) is 15.4. The van der Waals surface area contributed by atoms with Crippen molar-refractivity contribution in [1.82, 2.24) is 9.29 Å². The molecule has 3 aromatic rings. The molecule has 0 atom stereocenters. The number of hydrogen-bond donors (Lipinski definition) is 3. The number of H-pyrrole nitrogens is 1. The summed E-state index contributed by atoms with van der Waals surface area (Å²) in [7, 11) is -3.52. The van der Waals surface area contributed by atoms with Gasteiger partial charge in [0, 0.05) is 36.2 Å². The minimum absolute atomic E-state index is 0.190. The SMILES string of the molecule is O=C(Nc1cccc(S(=O)(=O)N2CCCC2)c1)Nc1ccc2cc[nH]c2c1. The molecule has 1 aliphatic heterocycles. The number of aromatic nitrogens is 1. The molecule has 0 aliphatic carbocycles. The average molecular weight is 384 g/mol. The Balaban J connectivity index is 1.48. The Morgan fingerprint density at radius 3 is 2.48 bits per heavy atom. The van der Waals surface area contributed by atoms with E-state index in [0.717, 1.165) is 23.7 Å². The molecule has 1 fully saturated rings. The van der Waals surface area contributed by atoms with E-state index in [1.54, 1.807) is 18.2 Å². The zero-order chi connectivity index (χ0) is 18.9. The Morgan fingerprint density at radius 1 is 0.963 bits per heavy atom. The molecular formula is C19H20N4O3S. The van der Waals surface area contributed by atoms with E-state index < -0.39 is 16.1 Å². The zero-order valence-electron chi connectivity index (χ0n) is 14.6. The lowest BCUT2D eigenvalue weighted by atomic mass is 10.2. The van der Waals surface area contributed by atoms with Crippen LogP contribution in [0.1, 0.15) is 12.8 Å². The second-order valence-electron chi connectivity index (χ2n) is 6.50. The van der Waals surface area contributed by atoms with Crippen LogP contribution in [-0.2, 0) is 10.0 Å². The van der Waals surface area contributed by atoms with E-state index in [4.69, 9.17) is 0 Å². The Bertz CT molecular complexity index is 1090. The molecule has 1 aliphatic rings. The molecule has 0 bridgehead atoms. The summed E-state index contributed by atoms with van der Waals surface area (Å²) in [5.74, 6) is 0. The first-order valence-corrected chi connectivity index (χ1v) is 10.2. The molecule has 2 heterocycles. The maximum atomic E-state index is 12.7. The van der Waals surface area contributed by atoms with Crippen LogP contribution in [0.2, 0.25) is 0 Å². The number of sulfonamides is 1. The first kappa shape index (κ1) is 17.6. The van der Waals surface area contributed by atoms with Crippen LogP contribution >= 0.6 is 0 Å². The van der Waals surface area contributed by atoms with Gasteiger partial charge < -0.3 is 15.6 Å². The van der Waals surface area contributed by atoms with Gasteiger partial charge in [-0.15, -0.1) is 0 Å². The second-order valence-corrected chi connectivity index (χ2v) is 8.44. The molecule has 1 saturated heterocycles. The molecule has 0 radical (unpaired) electrons. The molecule has 7 nitrogen and oxygen atoms in total. The van der Waals surface area contributed by atoms with Crippen molar-refractivity contribution in [3.05, 3.63) is 54.7 Å². The highest BCUT2D eigenvalue weighted by Gasteiger charge is 2.27. The van der Waals surface area contributed by atoms with Gasteiger partial charge in [0.05, 0.1) is 4.90 Å². The van der Waals surface area contributed by atoms with Gasteiger partial charge in [-0.2, -0.15) is 4.31 Å². The number of nitrogens with one attached hydrogen (secondary N) is 3. The lowest BCUT2D eigenvalue weighted by molar-refractivity contribution is 0.262. The number of rotatable bonds is 4. The number of aromatic amines is 1. The third-order valence-corrected chi connectivity index (χ3v) is 6.50. The molecule has 3 N–H and O–H groups in total. The van der Waals surface area contributed by atoms with Gasteiger partial charge in [-0.05, 0) is 54.6 Å². The summed E-state index contributed by atoms with van der Waals surface area (Å²) in [4.78, 5) is 15.6. The molecule has 2 amide bonds. The van der Waals surface area contributed by atoms with Gasteiger partial charge in [0.15, 0.2) is 0 Å². The number of hydrogen-bond acceptors (Lipinski definition) is 3. The molecule has 0 spiro atoms. The smallest absolute Gasteiger partial charge is 0.323 e. The second kappa shape index (κ2) is 7.05. The Labute approximate surface area is 157 Å². The molecule has 8 heteroatoms. The standard InChI is InChI=1S/C19H20N4O3S/c24-19(22-16-7-6-14-8-9-20-18(14)13-16)21-15-4-3-5-17(12-15)27(25,26)23-10-1-2-11-23/h3-9,12-13,20H,1-2,10-11H2,(H2,21,22,24). The molecule has 2 aromatic carbocycles. The van der Waals surface area contributed by atoms with Gasteiger partial charge in [-0.25, -0.2) is 13.2 Å². The van der Waals surface area contributed by atoms with Crippen molar-refractivity contribution < 1.29 is 13.2 Å². The van der Waals surface area contributed by atoms with Crippen LogP contribution in [0.15, 0.2) is 59.6 Å². The van der Waals surface area contributed by atoms with Crippen molar-refractivity contribution in [2.45, 2.75) is 17.7 Å². The van der Waals surface area contributed by atoms with E-state index in [2.05, 4.69) is 15.6 Å².